The number of nitro groups is 1. The van der Waals surface area contributed by atoms with Gasteiger partial charge in [0, 0.05) is 16.1 Å². The summed E-state index contributed by atoms with van der Waals surface area (Å²) in [5.74, 6) is -1.15. The Hall–Kier alpha value is -3.06. The molecular weight excluding hydrogens is 415 g/mol. The molecule has 0 aliphatic heterocycles. The topological polar surface area (TPSA) is 72.2 Å². The lowest BCUT2D eigenvalue weighted by molar-refractivity contribution is -0.385. The Bertz CT molecular complexity index is 996. The van der Waals surface area contributed by atoms with Crippen LogP contribution in [-0.4, -0.2) is 10.8 Å². The smallest absolute Gasteiger partial charge is 0.282 e. The summed E-state index contributed by atoms with van der Waals surface area (Å²) >= 11 is 3.21. The van der Waals surface area contributed by atoms with Gasteiger partial charge in [-0.2, -0.15) is 0 Å². The number of amides is 1. The fourth-order valence-electron chi connectivity index (χ4n) is 2.76. The lowest BCUT2D eigenvalue weighted by atomic mass is 9.97. The number of hydrogen-bond acceptors (Lipinski definition) is 3. The first-order chi connectivity index (χ1) is 13.0. The maximum absolute atomic E-state index is 14.6. The SMILES string of the molecule is O=C(NC(c1ccccc1)c1ccc(Br)cc1F)c1ccccc1[N+](=O)[O-]. The molecule has 0 spiro atoms. The molecule has 1 atom stereocenters. The number of nitrogens with one attached hydrogen (secondary N) is 1. The summed E-state index contributed by atoms with van der Waals surface area (Å²) in [6, 6.07) is 18.3. The largest absolute Gasteiger partial charge is 0.341 e. The van der Waals surface area contributed by atoms with E-state index in [2.05, 4.69) is 21.2 Å². The van der Waals surface area contributed by atoms with E-state index in [1.807, 2.05) is 6.07 Å². The summed E-state index contributed by atoms with van der Waals surface area (Å²) in [4.78, 5) is 23.3. The van der Waals surface area contributed by atoms with Crippen molar-refractivity contribution in [2.45, 2.75) is 6.04 Å². The van der Waals surface area contributed by atoms with Gasteiger partial charge in [-0.05, 0) is 23.8 Å². The second-order valence-electron chi connectivity index (χ2n) is 5.76. The number of carbonyl (C=O) groups excluding carboxylic acids is 1. The Morgan fingerprint density at radius 2 is 1.70 bits per heavy atom. The Balaban J connectivity index is 2.02. The molecule has 0 aliphatic rings. The third kappa shape index (κ3) is 4.20. The van der Waals surface area contributed by atoms with Gasteiger partial charge in [-0.3, -0.25) is 14.9 Å². The van der Waals surface area contributed by atoms with Crippen molar-refractivity contribution in [3.63, 3.8) is 0 Å². The van der Waals surface area contributed by atoms with E-state index in [4.69, 9.17) is 0 Å². The van der Waals surface area contributed by atoms with Gasteiger partial charge in [0.15, 0.2) is 0 Å². The van der Waals surface area contributed by atoms with Gasteiger partial charge in [-0.25, -0.2) is 4.39 Å². The van der Waals surface area contributed by atoms with E-state index in [0.717, 1.165) is 0 Å². The third-order valence-electron chi connectivity index (χ3n) is 4.03. The van der Waals surface area contributed by atoms with Crippen molar-refractivity contribution in [2.75, 3.05) is 0 Å². The molecule has 27 heavy (non-hydrogen) atoms. The van der Waals surface area contributed by atoms with E-state index < -0.39 is 22.7 Å². The second-order valence-corrected chi connectivity index (χ2v) is 6.67. The van der Waals surface area contributed by atoms with Crippen molar-refractivity contribution in [3.05, 3.63) is 110 Å². The molecule has 3 aromatic carbocycles. The zero-order valence-electron chi connectivity index (χ0n) is 13.9. The van der Waals surface area contributed by atoms with Crippen LogP contribution in [0.3, 0.4) is 0 Å². The van der Waals surface area contributed by atoms with E-state index >= 15 is 0 Å². The highest BCUT2D eigenvalue weighted by atomic mass is 79.9. The number of para-hydroxylation sites is 1. The van der Waals surface area contributed by atoms with E-state index in [1.54, 1.807) is 42.5 Å². The van der Waals surface area contributed by atoms with Crippen LogP contribution in [0.15, 0.2) is 77.3 Å². The highest BCUT2D eigenvalue weighted by Gasteiger charge is 2.25. The molecule has 3 aromatic rings. The lowest BCUT2D eigenvalue weighted by Crippen LogP contribution is -2.30. The average Bonchev–Trinajstić information content (AvgIpc) is 2.67. The van der Waals surface area contributed by atoms with Crippen LogP contribution in [0.25, 0.3) is 0 Å². The Kier molecular flexibility index (Phi) is 5.61. The summed E-state index contributed by atoms with van der Waals surface area (Å²) in [5, 5.41) is 13.9. The standard InChI is InChI=1S/C20H14BrFN2O3/c21-14-10-11-15(17(22)12-14)19(13-6-2-1-3-7-13)23-20(25)16-8-4-5-9-18(16)24(26)27/h1-12,19H,(H,23,25). The van der Waals surface area contributed by atoms with Gasteiger partial charge in [0.1, 0.15) is 11.4 Å². The zero-order chi connectivity index (χ0) is 19.4. The van der Waals surface area contributed by atoms with Crippen LogP contribution in [-0.2, 0) is 0 Å². The Morgan fingerprint density at radius 1 is 1.04 bits per heavy atom. The minimum Gasteiger partial charge on any atom is -0.341 e. The number of nitrogens with zero attached hydrogens (tertiary/aromatic N) is 1. The molecule has 0 saturated carbocycles. The van der Waals surface area contributed by atoms with Gasteiger partial charge < -0.3 is 5.32 Å². The molecule has 0 bridgehead atoms. The molecule has 0 aromatic heterocycles. The predicted octanol–water partition coefficient (Wildman–Crippen LogP) is 5.02. The van der Waals surface area contributed by atoms with Gasteiger partial charge in [0.2, 0.25) is 0 Å². The van der Waals surface area contributed by atoms with Gasteiger partial charge >= 0.3 is 0 Å². The maximum Gasteiger partial charge on any atom is 0.282 e. The highest BCUT2D eigenvalue weighted by Crippen LogP contribution is 2.28. The first-order valence-corrected chi connectivity index (χ1v) is 8.81. The molecule has 7 heteroatoms. The number of rotatable bonds is 5. The van der Waals surface area contributed by atoms with Crippen LogP contribution < -0.4 is 5.32 Å². The first-order valence-electron chi connectivity index (χ1n) is 8.01. The molecule has 0 heterocycles. The van der Waals surface area contributed by atoms with Crippen LogP contribution in [0.4, 0.5) is 10.1 Å². The van der Waals surface area contributed by atoms with Gasteiger partial charge in [0.25, 0.3) is 11.6 Å². The summed E-state index contributed by atoms with van der Waals surface area (Å²) in [6.45, 7) is 0. The Labute approximate surface area is 163 Å². The fraction of sp³-hybridized carbons (Fsp3) is 0.0500. The van der Waals surface area contributed by atoms with Gasteiger partial charge in [-0.15, -0.1) is 0 Å². The molecule has 1 unspecified atom stereocenters. The minimum absolute atomic E-state index is 0.0825. The summed E-state index contributed by atoms with van der Waals surface area (Å²) < 4.78 is 15.1. The summed E-state index contributed by atoms with van der Waals surface area (Å²) in [5.41, 5.74) is 0.529. The fourth-order valence-corrected chi connectivity index (χ4v) is 3.09. The molecule has 0 radical (unpaired) electrons. The van der Waals surface area contributed by atoms with Crippen molar-refractivity contribution in [1.29, 1.82) is 0 Å². The van der Waals surface area contributed by atoms with Crippen molar-refractivity contribution >= 4 is 27.5 Å². The molecule has 3 rings (SSSR count). The summed E-state index contributed by atoms with van der Waals surface area (Å²) in [6.07, 6.45) is 0. The average molecular weight is 429 g/mol. The van der Waals surface area contributed by atoms with E-state index in [-0.39, 0.29) is 16.8 Å². The summed E-state index contributed by atoms with van der Waals surface area (Å²) in [7, 11) is 0. The molecule has 136 valence electrons. The van der Waals surface area contributed by atoms with Crippen LogP contribution in [0.5, 0.6) is 0 Å². The van der Waals surface area contributed by atoms with E-state index in [0.29, 0.717) is 10.0 Å². The quantitative estimate of drug-likeness (QED) is 0.458. The zero-order valence-corrected chi connectivity index (χ0v) is 15.5. The normalized spacial score (nSPS) is 11.6. The number of halogens is 2. The van der Waals surface area contributed by atoms with Crippen LogP contribution in [0, 0.1) is 15.9 Å². The number of carbonyl (C=O) groups is 1. The lowest BCUT2D eigenvalue weighted by Gasteiger charge is -2.20. The minimum atomic E-state index is -0.799. The van der Waals surface area contributed by atoms with E-state index in [1.165, 1.54) is 24.3 Å². The van der Waals surface area contributed by atoms with E-state index in [9.17, 15) is 19.3 Å². The molecule has 0 fully saturated rings. The molecule has 1 N–H and O–H groups in total. The molecular formula is C20H14BrFN2O3. The van der Waals surface area contributed by atoms with Crippen molar-refractivity contribution in [2.24, 2.45) is 0 Å². The monoisotopic (exact) mass is 428 g/mol. The number of hydrogen-bond donors (Lipinski definition) is 1. The van der Waals surface area contributed by atoms with Gasteiger partial charge in [-0.1, -0.05) is 64.5 Å². The highest BCUT2D eigenvalue weighted by molar-refractivity contribution is 9.10. The van der Waals surface area contributed by atoms with Crippen LogP contribution in [0.1, 0.15) is 27.5 Å². The van der Waals surface area contributed by atoms with Crippen LogP contribution in [0.2, 0.25) is 0 Å². The molecule has 1 amide bonds. The predicted molar refractivity (Wildman–Crippen MR) is 103 cm³/mol. The van der Waals surface area contributed by atoms with Crippen molar-refractivity contribution < 1.29 is 14.1 Å². The molecule has 5 nitrogen and oxygen atoms in total. The van der Waals surface area contributed by atoms with Crippen molar-refractivity contribution in [1.82, 2.24) is 5.32 Å². The molecule has 0 aliphatic carbocycles. The first kappa shape index (κ1) is 18.7. The second kappa shape index (κ2) is 8.09. The van der Waals surface area contributed by atoms with Crippen LogP contribution >= 0.6 is 15.9 Å². The maximum atomic E-state index is 14.6. The number of nitro benzene ring substituents is 1. The molecule has 0 saturated heterocycles. The van der Waals surface area contributed by atoms with Crippen molar-refractivity contribution in [3.8, 4) is 0 Å². The van der Waals surface area contributed by atoms with Gasteiger partial charge in [0.05, 0.1) is 11.0 Å². The Morgan fingerprint density at radius 3 is 2.37 bits per heavy atom. The number of benzene rings is 3. The third-order valence-corrected chi connectivity index (χ3v) is 4.52.